The number of nitrogens with one attached hydrogen (secondary N) is 2. The molecule has 2 N–H and O–H groups in total. The van der Waals surface area contributed by atoms with Crippen LogP contribution in [-0.2, 0) is 14.3 Å². The Morgan fingerprint density at radius 1 is 0.944 bits per heavy atom. The Hall–Kier alpha value is -3.40. The highest BCUT2D eigenvalue weighted by atomic mass is 79.9. The van der Waals surface area contributed by atoms with Crippen molar-refractivity contribution in [1.29, 1.82) is 0 Å². The Bertz CT molecular complexity index is 1300. The first-order chi connectivity index (χ1) is 17.5. The molecule has 36 heavy (non-hydrogen) atoms. The second kappa shape index (κ2) is 12.0. The van der Waals surface area contributed by atoms with Gasteiger partial charge in [0.25, 0.3) is 17.7 Å². The number of carbonyl (C=O) groups is 3. The van der Waals surface area contributed by atoms with E-state index in [1.807, 2.05) is 36.4 Å². The largest absolute Gasteiger partial charge is 0.385 e. The lowest BCUT2D eigenvalue weighted by molar-refractivity contribution is -0.137. The van der Waals surface area contributed by atoms with Gasteiger partial charge in [-0.25, -0.2) is 0 Å². The summed E-state index contributed by atoms with van der Waals surface area (Å²) in [5, 5.41) is 6.01. The molecule has 9 heteroatoms. The van der Waals surface area contributed by atoms with Crippen LogP contribution in [0.2, 0.25) is 0 Å². The Balaban J connectivity index is 1.58. The summed E-state index contributed by atoms with van der Waals surface area (Å²) in [6.45, 7) is 0.701. The van der Waals surface area contributed by atoms with Crippen LogP contribution < -0.4 is 10.6 Å². The predicted molar refractivity (Wildman–Crippen MR) is 145 cm³/mol. The Labute approximate surface area is 222 Å². The van der Waals surface area contributed by atoms with Crippen molar-refractivity contribution >= 4 is 56.8 Å². The first kappa shape index (κ1) is 25.7. The van der Waals surface area contributed by atoms with Crippen LogP contribution in [0.4, 0.5) is 11.4 Å². The summed E-state index contributed by atoms with van der Waals surface area (Å²) in [5.41, 5.74) is 2.05. The zero-order chi connectivity index (χ0) is 25.5. The topological polar surface area (TPSA) is 87.7 Å². The lowest BCUT2D eigenvalue weighted by Crippen LogP contribution is -2.33. The van der Waals surface area contributed by atoms with E-state index < -0.39 is 0 Å². The molecular formula is C27H24BrN3O4S. The zero-order valence-electron chi connectivity index (χ0n) is 19.5. The SMILES string of the molecule is COCCCN1C(=O)C(Nc2ccc(Br)cc2)=C(Sc2cccc(NC(=O)c3ccccc3)c2)C1=O. The lowest BCUT2D eigenvalue weighted by Gasteiger charge is -2.14. The summed E-state index contributed by atoms with van der Waals surface area (Å²) in [6.07, 6.45) is 0.540. The standard InChI is InChI=1S/C27H24BrN3O4S/c1-35-16-6-15-31-26(33)23(29-20-13-11-19(28)12-14-20)24(27(31)34)36-22-10-5-9-21(17-22)30-25(32)18-7-3-2-4-8-18/h2-5,7-14,17,29H,6,15-16H2,1H3,(H,30,32). The van der Waals surface area contributed by atoms with Gasteiger partial charge in [0.1, 0.15) is 10.6 Å². The van der Waals surface area contributed by atoms with Crippen molar-refractivity contribution < 1.29 is 19.1 Å². The molecule has 3 aromatic carbocycles. The highest BCUT2D eigenvalue weighted by molar-refractivity contribution is 9.10. The molecule has 0 unspecified atom stereocenters. The molecule has 0 radical (unpaired) electrons. The van der Waals surface area contributed by atoms with Crippen molar-refractivity contribution in [2.75, 3.05) is 30.9 Å². The quantitative estimate of drug-likeness (QED) is 0.248. The molecule has 3 amide bonds. The fourth-order valence-electron chi connectivity index (χ4n) is 3.55. The molecule has 4 rings (SSSR count). The molecule has 1 aliphatic rings. The second-order valence-electron chi connectivity index (χ2n) is 7.89. The van der Waals surface area contributed by atoms with Gasteiger partial charge < -0.3 is 15.4 Å². The molecule has 0 saturated heterocycles. The van der Waals surface area contributed by atoms with Crippen molar-refractivity contribution in [1.82, 2.24) is 4.90 Å². The van der Waals surface area contributed by atoms with E-state index in [4.69, 9.17) is 4.74 Å². The molecule has 0 saturated carbocycles. The van der Waals surface area contributed by atoms with Gasteiger partial charge in [0.15, 0.2) is 0 Å². The van der Waals surface area contributed by atoms with Crippen molar-refractivity contribution in [2.24, 2.45) is 0 Å². The number of halogens is 1. The third-order valence-electron chi connectivity index (χ3n) is 5.32. The zero-order valence-corrected chi connectivity index (χ0v) is 21.9. The van der Waals surface area contributed by atoms with Crippen LogP contribution in [0.3, 0.4) is 0 Å². The first-order valence-corrected chi connectivity index (χ1v) is 12.8. The molecule has 0 aromatic heterocycles. The molecule has 7 nitrogen and oxygen atoms in total. The predicted octanol–water partition coefficient (Wildman–Crippen LogP) is 5.52. The van der Waals surface area contributed by atoms with Gasteiger partial charge in [-0.15, -0.1) is 0 Å². The van der Waals surface area contributed by atoms with Gasteiger partial charge in [-0.1, -0.05) is 52.0 Å². The van der Waals surface area contributed by atoms with Crippen molar-refractivity contribution in [3.05, 3.63) is 99.5 Å². The summed E-state index contributed by atoms with van der Waals surface area (Å²) in [7, 11) is 1.58. The van der Waals surface area contributed by atoms with Gasteiger partial charge >= 0.3 is 0 Å². The number of benzene rings is 3. The molecule has 1 aliphatic heterocycles. The van der Waals surface area contributed by atoms with Crippen LogP contribution in [-0.4, -0.2) is 42.9 Å². The number of hydrogen-bond acceptors (Lipinski definition) is 6. The van der Waals surface area contributed by atoms with E-state index in [2.05, 4.69) is 26.6 Å². The van der Waals surface area contributed by atoms with Crippen LogP contribution >= 0.6 is 27.7 Å². The van der Waals surface area contributed by atoms with Crippen LogP contribution in [0.15, 0.2) is 98.8 Å². The van der Waals surface area contributed by atoms with Gasteiger partial charge in [-0.2, -0.15) is 0 Å². The molecule has 0 fully saturated rings. The molecule has 0 atom stereocenters. The van der Waals surface area contributed by atoms with Crippen LogP contribution in [0.1, 0.15) is 16.8 Å². The van der Waals surface area contributed by atoms with Crippen LogP contribution in [0, 0.1) is 0 Å². The summed E-state index contributed by atoms with van der Waals surface area (Å²) >= 11 is 4.59. The normalized spacial score (nSPS) is 13.3. The van der Waals surface area contributed by atoms with Crippen LogP contribution in [0.5, 0.6) is 0 Å². The molecule has 1 heterocycles. The highest BCUT2D eigenvalue weighted by Crippen LogP contribution is 2.37. The van der Waals surface area contributed by atoms with E-state index in [0.29, 0.717) is 39.8 Å². The lowest BCUT2D eigenvalue weighted by atomic mass is 10.2. The smallest absolute Gasteiger partial charge is 0.278 e. The third kappa shape index (κ3) is 6.23. The molecule has 184 valence electrons. The number of hydrogen-bond donors (Lipinski definition) is 2. The second-order valence-corrected chi connectivity index (χ2v) is 9.89. The molecule has 0 aliphatic carbocycles. The van der Waals surface area contributed by atoms with E-state index in [9.17, 15) is 14.4 Å². The van der Waals surface area contributed by atoms with Gasteiger partial charge in [0.05, 0.1) is 0 Å². The number of rotatable bonds is 10. The summed E-state index contributed by atoms with van der Waals surface area (Å²) in [5.74, 6) is -0.972. The summed E-state index contributed by atoms with van der Waals surface area (Å²) < 4.78 is 5.99. The summed E-state index contributed by atoms with van der Waals surface area (Å²) in [4.78, 5) is 41.3. The van der Waals surface area contributed by atoms with Gasteiger partial charge in [-0.3, -0.25) is 19.3 Å². The number of nitrogens with zero attached hydrogens (tertiary/aromatic N) is 1. The van der Waals surface area contributed by atoms with Gasteiger partial charge in [0.2, 0.25) is 0 Å². The molecule has 0 spiro atoms. The number of amides is 3. The fourth-order valence-corrected chi connectivity index (χ4v) is 4.82. The average molecular weight is 566 g/mol. The molecular weight excluding hydrogens is 542 g/mol. The number of imide groups is 1. The van der Waals surface area contributed by atoms with Crippen LogP contribution in [0.25, 0.3) is 0 Å². The number of anilines is 2. The summed E-state index contributed by atoms with van der Waals surface area (Å²) in [6, 6.07) is 23.5. The Kier molecular flexibility index (Phi) is 8.58. The molecule has 3 aromatic rings. The maximum atomic E-state index is 13.3. The van der Waals surface area contributed by atoms with Crippen molar-refractivity contribution in [2.45, 2.75) is 11.3 Å². The Morgan fingerprint density at radius 3 is 2.42 bits per heavy atom. The minimum absolute atomic E-state index is 0.225. The Morgan fingerprint density at radius 2 is 1.69 bits per heavy atom. The maximum absolute atomic E-state index is 13.3. The highest BCUT2D eigenvalue weighted by Gasteiger charge is 2.38. The number of thioether (sulfide) groups is 1. The fraction of sp³-hybridized carbons (Fsp3) is 0.148. The number of carbonyl (C=O) groups excluding carboxylic acids is 3. The van der Waals surface area contributed by atoms with E-state index in [0.717, 1.165) is 4.47 Å². The van der Waals surface area contributed by atoms with Gasteiger partial charge in [0, 0.05) is 46.6 Å². The first-order valence-electron chi connectivity index (χ1n) is 11.2. The van der Waals surface area contributed by atoms with E-state index in [1.54, 1.807) is 49.6 Å². The maximum Gasteiger partial charge on any atom is 0.278 e. The average Bonchev–Trinajstić information content (AvgIpc) is 3.10. The van der Waals surface area contributed by atoms with Gasteiger partial charge in [-0.05, 0) is 61.0 Å². The van der Waals surface area contributed by atoms with E-state index in [-0.39, 0.29) is 30.0 Å². The minimum Gasteiger partial charge on any atom is -0.385 e. The third-order valence-corrected chi connectivity index (χ3v) is 6.92. The van der Waals surface area contributed by atoms with E-state index in [1.165, 1.54) is 16.7 Å². The molecule has 0 bridgehead atoms. The van der Waals surface area contributed by atoms with Crippen molar-refractivity contribution in [3.63, 3.8) is 0 Å². The van der Waals surface area contributed by atoms with Crippen molar-refractivity contribution in [3.8, 4) is 0 Å². The minimum atomic E-state index is -0.380. The number of methoxy groups -OCH3 is 1. The number of ether oxygens (including phenoxy) is 1. The van der Waals surface area contributed by atoms with E-state index >= 15 is 0 Å². The monoisotopic (exact) mass is 565 g/mol.